The first-order chi connectivity index (χ1) is 24.8. The minimum Gasteiger partial charge on any atom is -0.438 e. The van der Waals surface area contributed by atoms with Crippen LogP contribution in [0.1, 0.15) is 0 Å². The van der Waals surface area contributed by atoms with Crippen molar-refractivity contribution in [3.63, 3.8) is 0 Å². The fourth-order valence-corrected chi connectivity index (χ4v) is 7.52. The van der Waals surface area contributed by atoms with E-state index < -0.39 is 0 Å². The molecule has 0 saturated carbocycles. The molecule has 0 bridgehead atoms. The molecule has 0 aliphatic carbocycles. The normalized spacial score (nSPS) is 11.6. The number of hydrogen-bond donors (Lipinski definition) is 0. The molecule has 10 aromatic rings. The molecule has 0 radical (unpaired) electrons. The maximum absolute atomic E-state index is 6.10. The van der Waals surface area contributed by atoms with E-state index in [1.165, 1.54) is 43.4 Å². The molecule has 0 fully saturated rings. The fraction of sp³-hybridized carbons (Fsp3) is 0. The Morgan fingerprint density at radius 3 is 1.82 bits per heavy atom. The topological polar surface area (TPSA) is 29.3 Å². The van der Waals surface area contributed by atoms with Crippen molar-refractivity contribution < 1.29 is 4.42 Å². The lowest BCUT2D eigenvalue weighted by molar-refractivity contribution is 0.654. The number of nitrogens with zero attached hydrogens (tertiary/aromatic N) is 2. The minimum atomic E-state index is 0.661. The molecule has 8 aromatic carbocycles. The average molecular weight is 639 g/mol. The largest absolute Gasteiger partial charge is 0.438 e. The molecule has 2 heterocycles. The minimum absolute atomic E-state index is 0.661. The monoisotopic (exact) mass is 638 g/mol. The Morgan fingerprint density at radius 1 is 0.400 bits per heavy atom. The van der Waals surface area contributed by atoms with Gasteiger partial charge in [0.25, 0.3) is 0 Å². The number of fused-ring (bicyclic) bond motifs is 8. The van der Waals surface area contributed by atoms with E-state index in [9.17, 15) is 0 Å². The molecule has 0 spiro atoms. The summed E-state index contributed by atoms with van der Waals surface area (Å²) in [4.78, 5) is 6.82. The van der Waals surface area contributed by atoms with Crippen molar-refractivity contribution in [3.05, 3.63) is 182 Å². The van der Waals surface area contributed by atoms with Crippen LogP contribution in [-0.4, -0.2) is 4.98 Å². The molecule has 3 nitrogen and oxygen atoms in total. The number of aromatic nitrogens is 1. The molecule has 0 aliphatic rings. The van der Waals surface area contributed by atoms with Gasteiger partial charge in [0.2, 0.25) is 5.71 Å². The van der Waals surface area contributed by atoms with E-state index >= 15 is 0 Å². The van der Waals surface area contributed by atoms with E-state index in [0.717, 1.165) is 44.5 Å². The Labute approximate surface area is 289 Å². The van der Waals surface area contributed by atoms with Gasteiger partial charge in [-0.25, -0.2) is 4.98 Å². The van der Waals surface area contributed by atoms with Gasteiger partial charge in [0.1, 0.15) is 5.58 Å². The molecule has 0 aliphatic heterocycles. The molecular weight excluding hydrogens is 609 g/mol. The first kappa shape index (κ1) is 28.3. The number of rotatable bonds is 5. The summed E-state index contributed by atoms with van der Waals surface area (Å²) in [6.07, 6.45) is 1.78. The van der Waals surface area contributed by atoms with Crippen molar-refractivity contribution in [2.75, 3.05) is 4.90 Å². The zero-order valence-electron chi connectivity index (χ0n) is 27.1. The zero-order chi connectivity index (χ0) is 33.0. The SMILES string of the molecule is c1ccc(-c2ccc(N(c3ccc(-c4cccc5oc6ncccc6c45)cc3)c3ccc4ccc5c6ccccc6ccc5c4c3)cc2)cc1. The van der Waals surface area contributed by atoms with Crippen molar-refractivity contribution in [1.82, 2.24) is 4.98 Å². The first-order valence-electron chi connectivity index (χ1n) is 17.0. The van der Waals surface area contributed by atoms with Gasteiger partial charge in [-0.1, -0.05) is 121 Å². The van der Waals surface area contributed by atoms with Gasteiger partial charge in [-0.05, 0) is 109 Å². The maximum Gasteiger partial charge on any atom is 0.227 e. The van der Waals surface area contributed by atoms with Crippen LogP contribution in [0.25, 0.3) is 76.6 Å². The molecule has 234 valence electrons. The predicted molar refractivity (Wildman–Crippen MR) is 210 cm³/mol. The molecule has 0 unspecified atom stereocenters. The molecule has 0 N–H and O–H groups in total. The number of anilines is 3. The van der Waals surface area contributed by atoms with Gasteiger partial charge in [0.15, 0.2) is 0 Å². The van der Waals surface area contributed by atoms with E-state index in [2.05, 4.69) is 174 Å². The third kappa shape index (κ3) is 4.63. The van der Waals surface area contributed by atoms with Gasteiger partial charge >= 0.3 is 0 Å². The summed E-state index contributed by atoms with van der Waals surface area (Å²) in [5.41, 5.74) is 9.43. The van der Waals surface area contributed by atoms with Gasteiger partial charge in [0, 0.05) is 34.0 Å². The van der Waals surface area contributed by atoms with E-state index in [4.69, 9.17) is 4.42 Å². The zero-order valence-corrected chi connectivity index (χ0v) is 27.1. The molecule has 0 atom stereocenters. The van der Waals surface area contributed by atoms with Crippen LogP contribution in [0, 0.1) is 0 Å². The Bertz CT molecular complexity index is 2850. The molecule has 0 amide bonds. The Kier molecular flexibility index (Phi) is 6.49. The Hall–Kier alpha value is -6.71. The maximum atomic E-state index is 6.10. The van der Waals surface area contributed by atoms with Gasteiger partial charge in [-0.3, -0.25) is 0 Å². The van der Waals surface area contributed by atoms with Gasteiger partial charge in [-0.15, -0.1) is 0 Å². The summed E-state index contributed by atoms with van der Waals surface area (Å²) in [6, 6.07) is 63.1. The fourth-order valence-electron chi connectivity index (χ4n) is 7.52. The number of furan rings is 1. The highest BCUT2D eigenvalue weighted by Crippen LogP contribution is 2.41. The second kappa shape index (κ2) is 11.5. The van der Waals surface area contributed by atoms with Crippen molar-refractivity contribution >= 4 is 71.4 Å². The van der Waals surface area contributed by atoms with Crippen LogP contribution in [0.5, 0.6) is 0 Å². The number of pyridine rings is 1. The summed E-state index contributed by atoms with van der Waals surface area (Å²) in [5.74, 6) is 0. The molecule has 2 aromatic heterocycles. The summed E-state index contributed by atoms with van der Waals surface area (Å²) < 4.78 is 6.10. The summed E-state index contributed by atoms with van der Waals surface area (Å²) in [7, 11) is 0. The van der Waals surface area contributed by atoms with Crippen LogP contribution in [0.4, 0.5) is 17.1 Å². The van der Waals surface area contributed by atoms with Crippen molar-refractivity contribution in [1.29, 1.82) is 0 Å². The van der Waals surface area contributed by atoms with Crippen molar-refractivity contribution in [2.24, 2.45) is 0 Å². The van der Waals surface area contributed by atoms with Crippen LogP contribution in [0.3, 0.4) is 0 Å². The highest BCUT2D eigenvalue weighted by Gasteiger charge is 2.17. The Balaban J connectivity index is 1.13. The molecule has 10 rings (SSSR count). The lowest BCUT2D eigenvalue weighted by Crippen LogP contribution is -2.09. The van der Waals surface area contributed by atoms with Gasteiger partial charge < -0.3 is 9.32 Å². The number of hydrogen-bond acceptors (Lipinski definition) is 3. The summed E-state index contributed by atoms with van der Waals surface area (Å²) in [6.45, 7) is 0. The van der Waals surface area contributed by atoms with E-state index in [1.807, 2.05) is 12.1 Å². The van der Waals surface area contributed by atoms with E-state index in [0.29, 0.717) is 5.71 Å². The van der Waals surface area contributed by atoms with Gasteiger partial charge in [0.05, 0.1) is 0 Å². The highest BCUT2D eigenvalue weighted by molar-refractivity contribution is 6.18. The van der Waals surface area contributed by atoms with Gasteiger partial charge in [-0.2, -0.15) is 0 Å². The second-order valence-electron chi connectivity index (χ2n) is 12.8. The first-order valence-corrected chi connectivity index (χ1v) is 17.0. The molecule has 3 heteroatoms. The standard InChI is InChI=1S/C47H30N2O/c1-2-8-31(9-3-1)32-15-22-36(23-16-32)49(38-26-19-35-21-27-41-39-11-5-4-10-33(39)20-28-42(41)44(35)30-38)37-24-17-34(18-25-37)40-12-6-14-45-46(40)43-13-7-29-48-47(43)50-45/h1-30H. The van der Waals surface area contributed by atoms with Crippen LogP contribution in [-0.2, 0) is 0 Å². The average Bonchev–Trinajstić information content (AvgIpc) is 3.58. The molecule has 50 heavy (non-hydrogen) atoms. The lowest BCUT2D eigenvalue weighted by Gasteiger charge is -2.26. The smallest absolute Gasteiger partial charge is 0.227 e. The lowest BCUT2D eigenvalue weighted by atomic mass is 9.96. The van der Waals surface area contributed by atoms with E-state index in [1.54, 1.807) is 6.20 Å². The van der Waals surface area contributed by atoms with Crippen molar-refractivity contribution in [2.45, 2.75) is 0 Å². The van der Waals surface area contributed by atoms with E-state index in [-0.39, 0.29) is 0 Å². The Morgan fingerprint density at radius 2 is 1.02 bits per heavy atom. The predicted octanol–water partition coefficient (Wildman–Crippen LogP) is 13.2. The van der Waals surface area contributed by atoms with Crippen LogP contribution in [0.15, 0.2) is 187 Å². The third-order valence-electron chi connectivity index (χ3n) is 9.93. The highest BCUT2D eigenvalue weighted by atomic mass is 16.3. The molecule has 0 saturated heterocycles. The summed E-state index contributed by atoms with van der Waals surface area (Å²) >= 11 is 0. The molecular formula is C47H30N2O. The van der Waals surface area contributed by atoms with Crippen LogP contribution >= 0.6 is 0 Å². The number of benzene rings is 8. The quantitative estimate of drug-likeness (QED) is 0.176. The van der Waals surface area contributed by atoms with Crippen LogP contribution < -0.4 is 4.90 Å². The second-order valence-corrected chi connectivity index (χ2v) is 12.8. The van der Waals surface area contributed by atoms with Crippen molar-refractivity contribution in [3.8, 4) is 22.3 Å². The van der Waals surface area contributed by atoms with Crippen LogP contribution in [0.2, 0.25) is 0 Å². The summed E-state index contributed by atoms with van der Waals surface area (Å²) in [5, 5.41) is 9.63. The third-order valence-corrected chi connectivity index (χ3v) is 9.93.